The van der Waals surface area contributed by atoms with Crippen molar-refractivity contribution in [3.8, 4) is 0 Å². The van der Waals surface area contributed by atoms with E-state index in [1.807, 2.05) is 0 Å². The summed E-state index contributed by atoms with van der Waals surface area (Å²) in [5.74, 6) is -0.589. The minimum atomic E-state index is -0.516. The number of aromatic nitrogens is 4. The Morgan fingerprint density at radius 2 is 2.19 bits per heavy atom. The second-order valence-electron chi connectivity index (χ2n) is 2.81. The molecule has 6 nitrogen and oxygen atoms in total. The Bertz CT molecular complexity index is 513. The Hall–Kier alpha value is -1.66. The fourth-order valence-electron chi connectivity index (χ4n) is 1.03. The summed E-state index contributed by atoms with van der Waals surface area (Å²) in [6.45, 7) is 0. The molecule has 0 saturated carbocycles. The number of aromatic amines is 1. The number of H-pyrrole nitrogens is 1. The average Bonchev–Trinajstić information content (AvgIpc) is 2.76. The van der Waals surface area contributed by atoms with Gasteiger partial charge < -0.3 is 5.32 Å². The first-order chi connectivity index (χ1) is 7.66. The fraction of sp³-hybridized carbons (Fsp3) is 0. The van der Waals surface area contributed by atoms with Gasteiger partial charge in [0.25, 0.3) is 11.7 Å². The quantitative estimate of drug-likeness (QED) is 0.859. The molecule has 0 unspecified atom stereocenters. The Kier molecular flexibility index (Phi) is 3.02. The van der Waals surface area contributed by atoms with Gasteiger partial charge in [-0.3, -0.25) is 4.79 Å². The number of rotatable bonds is 2. The molecule has 16 heavy (non-hydrogen) atoms. The predicted octanol–water partition coefficient (Wildman–Crippen LogP) is 1.76. The van der Waals surface area contributed by atoms with Crippen LogP contribution in [0.2, 0.25) is 10.0 Å². The van der Waals surface area contributed by atoms with Crippen molar-refractivity contribution in [3.63, 3.8) is 0 Å². The first-order valence-electron chi connectivity index (χ1n) is 4.16. The molecule has 0 aliphatic heterocycles. The number of hydrogen-bond acceptors (Lipinski definition) is 4. The number of anilines is 1. The van der Waals surface area contributed by atoms with Crippen LogP contribution in [0.4, 0.5) is 5.69 Å². The van der Waals surface area contributed by atoms with E-state index >= 15 is 0 Å². The Morgan fingerprint density at radius 1 is 1.38 bits per heavy atom. The molecule has 82 valence electrons. The second-order valence-corrected chi connectivity index (χ2v) is 3.66. The summed E-state index contributed by atoms with van der Waals surface area (Å²) in [4.78, 5) is 11.5. The number of nitrogens with zero attached hydrogens (tertiary/aromatic N) is 3. The summed E-state index contributed by atoms with van der Waals surface area (Å²) in [5.41, 5.74) is 0.393. The number of amides is 1. The van der Waals surface area contributed by atoms with Crippen LogP contribution in [0.15, 0.2) is 18.2 Å². The van der Waals surface area contributed by atoms with Crippen molar-refractivity contribution < 1.29 is 4.79 Å². The van der Waals surface area contributed by atoms with Crippen molar-refractivity contribution in [3.05, 3.63) is 34.1 Å². The van der Waals surface area contributed by atoms with E-state index in [1.165, 1.54) is 6.07 Å². The molecule has 0 radical (unpaired) electrons. The van der Waals surface area contributed by atoms with E-state index in [-0.39, 0.29) is 5.82 Å². The van der Waals surface area contributed by atoms with Gasteiger partial charge in [-0.05, 0) is 23.4 Å². The van der Waals surface area contributed by atoms with Crippen LogP contribution >= 0.6 is 23.2 Å². The summed E-state index contributed by atoms with van der Waals surface area (Å²) in [7, 11) is 0. The highest BCUT2D eigenvalue weighted by molar-refractivity contribution is 6.35. The number of carbonyl (C=O) groups excluding carboxylic acids is 1. The molecule has 2 aromatic rings. The SMILES string of the molecule is O=C(Nc1cc(Cl)ccc1Cl)c1nn[nH]n1. The molecular formula is C8H5Cl2N5O. The zero-order chi connectivity index (χ0) is 11.5. The molecule has 1 heterocycles. The van der Waals surface area contributed by atoms with E-state index in [4.69, 9.17) is 23.2 Å². The number of carbonyl (C=O) groups is 1. The maximum atomic E-state index is 11.5. The molecule has 0 fully saturated rings. The Labute approximate surface area is 99.9 Å². The van der Waals surface area contributed by atoms with Crippen LogP contribution in [0.3, 0.4) is 0 Å². The van der Waals surface area contributed by atoms with Crippen molar-refractivity contribution in [2.24, 2.45) is 0 Å². The first-order valence-corrected chi connectivity index (χ1v) is 4.92. The first kappa shape index (κ1) is 10.8. The number of nitrogens with one attached hydrogen (secondary N) is 2. The zero-order valence-corrected chi connectivity index (χ0v) is 9.25. The molecule has 0 atom stereocenters. The van der Waals surface area contributed by atoms with Gasteiger partial charge in [0.05, 0.1) is 10.7 Å². The van der Waals surface area contributed by atoms with Gasteiger partial charge in [0, 0.05) is 5.02 Å². The van der Waals surface area contributed by atoms with Gasteiger partial charge in [-0.1, -0.05) is 23.2 Å². The summed E-state index contributed by atoms with van der Waals surface area (Å²) < 4.78 is 0. The van der Waals surface area contributed by atoms with Gasteiger partial charge >= 0.3 is 0 Å². The predicted molar refractivity (Wildman–Crippen MR) is 58.6 cm³/mol. The van der Waals surface area contributed by atoms with E-state index in [0.717, 1.165) is 0 Å². The highest BCUT2D eigenvalue weighted by atomic mass is 35.5. The normalized spacial score (nSPS) is 10.1. The molecule has 1 aromatic heterocycles. The summed E-state index contributed by atoms with van der Waals surface area (Å²) in [5, 5.41) is 15.9. The van der Waals surface area contributed by atoms with Crippen LogP contribution < -0.4 is 5.32 Å². The number of halogens is 2. The molecule has 0 aliphatic rings. The standard InChI is InChI=1S/C8H5Cl2N5O/c9-4-1-2-5(10)6(3-4)11-8(16)7-12-14-15-13-7/h1-3H,(H,11,16)(H,12,13,14,15). The van der Waals surface area contributed by atoms with Gasteiger partial charge in [0.1, 0.15) is 0 Å². The summed E-state index contributed by atoms with van der Waals surface area (Å²) in [6, 6.07) is 4.73. The van der Waals surface area contributed by atoms with E-state index in [0.29, 0.717) is 15.7 Å². The maximum Gasteiger partial charge on any atom is 0.297 e. The number of hydrogen-bond donors (Lipinski definition) is 2. The summed E-state index contributed by atoms with van der Waals surface area (Å²) >= 11 is 11.6. The van der Waals surface area contributed by atoms with Crippen LogP contribution in [-0.2, 0) is 0 Å². The molecular weight excluding hydrogens is 253 g/mol. The van der Waals surface area contributed by atoms with Gasteiger partial charge in [0.15, 0.2) is 0 Å². The van der Waals surface area contributed by atoms with Gasteiger partial charge in [-0.25, -0.2) is 0 Å². The topological polar surface area (TPSA) is 83.6 Å². The van der Waals surface area contributed by atoms with E-state index in [9.17, 15) is 4.79 Å². The molecule has 8 heteroatoms. The molecule has 0 bridgehead atoms. The maximum absolute atomic E-state index is 11.5. The van der Waals surface area contributed by atoms with Crippen molar-refractivity contribution in [1.29, 1.82) is 0 Å². The van der Waals surface area contributed by atoms with Crippen molar-refractivity contribution in [2.75, 3.05) is 5.32 Å². The third-order valence-corrected chi connectivity index (χ3v) is 2.29. The van der Waals surface area contributed by atoms with Gasteiger partial charge in [0.2, 0.25) is 0 Å². The highest BCUT2D eigenvalue weighted by Gasteiger charge is 2.12. The second kappa shape index (κ2) is 4.46. The van der Waals surface area contributed by atoms with Crippen LogP contribution in [0.25, 0.3) is 0 Å². The van der Waals surface area contributed by atoms with Gasteiger partial charge in [-0.15, -0.1) is 10.2 Å². The molecule has 0 spiro atoms. The highest BCUT2D eigenvalue weighted by Crippen LogP contribution is 2.25. The Morgan fingerprint density at radius 3 is 2.88 bits per heavy atom. The minimum absolute atomic E-state index is 0.0731. The van der Waals surface area contributed by atoms with E-state index in [1.54, 1.807) is 12.1 Å². The number of benzene rings is 1. The third-order valence-electron chi connectivity index (χ3n) is 1.73. The van der Waals surface area contributed by atoms with E-state index < -0.39 is 5.91 Å². The van der Waals surface area contributed by atoms with E-state index in [2.05, 4.69) is 25.9 Å². The molecule has 1 aromatic carbocycles. The van der Waals surface area contributed by atoms with Gasteiger partial charge in [-0.2, -0.15) is 5.21 Å². The minimum Gasteiger partial charge on any atom is -0.318 e. The lowest BCUT2D eigenvalue weighted by molar-refractivity contribution is 0.101. The molecule has 2 rings (SSSR count). The third kappa shape index (κ3) is 2.29. The van der Waals surface area contributed by atoms with Crippen molar-refractivity contribution >= 4 is 34.8 Å². The molecule has 0 aliphatic carbocycles. The van der Waals surface area contributed by atoms with Crippen LogP contribution in [0, 0.1) is 0 Å². The Balaban J connectivity index is 2.21. The zero-order valence-electron chi connectivity index (χ0n) is 7.74. The van der Waals surface area contributed by atoms with Crippen LogP contribution in [0.5, 0.6) is 0 Å². The van der Waals surface area contributed by atoms with Crippen LogP contribution in [0.1, 0.15) is 10.6 Å². The molecule has 0 saturated heterocycles. The average molecular weight is 258 g/mol. The van der Waals surface area contributed by atoms with Crippen molar-refractivity contribution in [2.45, 2.75) is 0 Å². The molecule has 2 N–H and O–H groups in total. The smallest absolute Gasteiger partial charge is 0.297 e. The lowest BCUT2D eigenvalue weighted by Crippen LogP contribution is -2.14. The number of tetrazole rings is 1. The largest absolute Gasteiger partial charge is 0.318 e. The lowest BCUT2D eigenvalue weighted by Gasteiger charge is -2.04. The fourth-order valence-corrected chi connectivity index (χ4v) is 1.37. The molecule has 1 amide bonds. The van der Waals surface area contributed by atoms with Crippen molar-refractivity contribution in [1.82, 2.24) is 20.6 Å². The summed E-state index contributed by atoms with van der Waals surface area (Å²) in [6.07, 6.45) is 0. The monoisotopic (exact) mass is 257 g/mol. The lowest BCUT2D eigenvalue weighted by atomic mass is 10.3. The van der Waals surface area contributed by atoms with Crippen LogP contribution in [-0.4, -0.2) is 26.5 Å².